The third kappa shape index (κ3) is 3.35. The van der Waals surface area contributed by atoms with E-state index in [1.807, 2.05) is 13.8 Å². The van der Waals surface area contributed by atoms with Crippen molar-refractivity contribution in [2.24, 2.45) is 5.92 Å². The molecule has 0 aromatic heterocycles. The van der Waals surface area contributed by atoms with Crippen LogP contribution in [0.4, 0.5) is 8.78 Å². The average Bonchev–Trinajstić information content (AvgIpc) is 2.35. The van der Waals surface area contributed by atoms with Crippen molar-refractivity contribution in [1.82, 2.24) is 0 Å². The number of aliphatic hydroxyl groups is 1. The van der Waals surface area contributed by atoms with Crippen molar-refractivity contribution in [3.63, 3.8) is 0 Å². The van der Waals surface area contributed by atoms with Crippen molar-refractivity contribution in [2.45, 2.75) is 39.2 Å². The molecule has 1 atom stereocenters. The first kappa shape index (κ1) is 14.8. The van der Waals surface area contributed by atoms with Crippen LogP contribution in [0.1, 0.15) is 32.3 Å². The molecule has 0 heterocycles. The number of rotatable bonds is 6. The first-order chi connectivity index (χ1) is 8.51. The summed E-state index contributed by atoms with van der Waals surface area (Å²) < 4.78 is 26.7. The fourth-order valence-electron chi connectivity index (χ4n) is 1.98. The summed E-state index contributed by atoms with van der Waals surface area (Å²) in [6.45, 7) is 3.74. The Kier molecular flexibility index (Phi) is 5.41. The Balaban J connectivity index is 2.81. The predicted molar refractivity (Wildman–Crippen MR) is 65.1 cm³/mol. The molecule has 4 heteroatoms. The van der Waals surface area contributed by atoms with Crippen LogP contribution in [0.15, 0.2) is 18.2 Å². The van der Waals surface area contributed by atoms with Gasteiger partial charge in [0.1, 0.15) is 17.7 Å². The summed E-state index contributed by atoms with van der Waals surface area (Å²) in [5, 5.41) is 9.83. The lowest BCUT2D eigenvalue weighted by Gasteiger charge is -2.18. The van der Waals surface area contributed by atoms with Crippen molar-refractivity contribution in [2.75, 3.05) is 0 Å². The zero-order chi connectivity index (χ0) is 13.7. The molecule has 1 aromatic carbocycles. The fourth-order valence-corrected chi connectivity index (χ4v) is 1.98. The van der Waals surface area contributed by atoms with Gasteiger partial charge in [-0.05, 0) is 18.1 Å². The number of halogens is 2. The summed E-state index contributed by atoms with van der Waals surface area (Å²) in [7, 11) is 0. The van der Waals surface area contributed by atoms with E-state index in [9.17, 15) is 18.7 Å². The van der Waals surface area contributed by atoms with Crippen LogP contribution in [0.25, 0.3) is 0 Å². The highest BCUT2D eigenvalue weighted by molar-refractivity contribution is 5.85. The normalized spacial score (nSPS) is 12.8. The monoisotopic (exact) mass is 256 g/mol. The molecule has 0 radical (unpaired) electrons. The molecule has 0 aliphatic carbocycles. The summed E-state index contributed by atoms with van der Waals surface area (Å²) in [6.07, 6.45) is -0.248. The van der Waals surface area contributed by atoms with Gasteiger partial charge in [0.05, 0.1) is 0 Å². The van der Waals surface area contributed by atoms with Crippen molar-refractivity contribution in [1.29, 1.82) is 0 Å². The van der Waals surface area contributed by atoms with Crippen molar-refractivity contribution in [3.05, 3.63) is 35.4 Å². The maximum atomic E-state index is 13.4. The summed E-state index contributed by atoms with van der Waals surface area (Å²) in [5.41, 5.74) is -0.271. The van der Waals surface area contributed by atoms with Gasteiger partial charge < -0.3 is 5.11 Å². The van der Waals surface area contributed by atoms with Crippen LogP contribution in [-0.4, -0.2) is 17.0 Å². The highest BCUT2D eigenvalue weighted by Gasteiger charge is 2.25. The number of Topliss-reactive ketones (excluding diaryl/α,β-unsaturated/α-hetero) is 1. The van der Waals surface area contributed by atoms with E-state index in [4.69, 9.17) is 0 Å². The van der Waals surface area contributed by atoms with E-state index < -0.39 is 29.9 Å². The Morgan fingerprint density at radius 2 is 1.72 bits per heavy atom. The standard InChI is InChI=1S/C14H18F2O2/c1-3-9(4-2)14(18)13(17)8-10-11(15)6-5-7-12(10)16/h5-7,9,14,18H,3-4,8H2,1-2H3. The van der Waals surface area contributed by atoms with Gasteiger partial charge in [0.15, 0.2) is 5.78 Å². The van der Waals surface area contributed by atoms with E-state index in [1.54, 1.807) is 0 Å². The zero-order valence-corrected chi connectivity index (χ0v) is 10.6. The van der Waals surface area contributed by atoms with E-state index in [0.29, 0.717) is 12.8 Å². The molecule has 0 bridgehead atoms. The zero-order valence-electron chi connectivity index (χ0n) is 10.6. The van der Waals surface area contributed by atoms with Gasteiger partial charge in [-0.25, -0.2) is 8.78 Å². The van der Waals surface area contributed by atoms with Crippen LogP contribution in [0, 0.1) is 17.6 Å². The summed E-state index contributed by atoms with van der Waals surface area (Å²) in [5.74, 6) is -2.19. The van der Waals surface area contributed by atoms with Gasteiger partial charge in [-0.3, -0.25) is 4.79 Å². The number of hydrogen-bond acceptors (Lipinski definition) is 2. The molecular weight excluding hydrogens is 238 g/mol. The van der Waals surface area contributed by atoms with E-state index in [1.165, 1.54) is 6.07 Å². The lowest BCUT2D eigenvalue weighted by molar-refractivity contribution is -0.129. The number of aliphatic hydroxyl groups excluding tert-OH is 1. The minimum Gasteiger partial charge on any atom is -0.385 e. The van der Waals surface area contributed by atoms with Gasteiger partial charge >= 0.3 is 0 Å². The number of hydrogen-bond donors (Lipinski definition) is 1. The molecule has 1 aromatic rings. The third-order valence-electron chi connectivity index (χ3n) is 3.24. The molecule has 0 spiro atoms. The van der Waals surface area contributed by atoms with Crippen LogP contribution in [0.5, 0.6) is 0 Å². The quantitative estimate of drug-likeness (QED) is 0.849. The van der Waals surface area contributed by atoms with Crippen molar-refractivity contribution < 1.29 is 18.7 Å². The van der Waals surface area contributed by atoms with Crippen LogP contribution in [-0.2, 0) is 11.2 Å². The second-order valence-corrected chi connectivity index (χ2v) is 4.36. The Hall–Kier alpha value is -1.29. The van der Waals surface area contributed by atoms with E-state index in [0.717, 1.165) is 12.1 Å². The van der Waals surface area contributed by atoms with Gasteiger partial charge in [-0.2, -0.15) is 0 Å². The van der Waals surface area contributed by atoms with E-state index in [-0.39, 0.29) is 11.5 Å². The molecule has 1 rings (SSSR count). The largest absolute Gasteiger partial charge is 0.385 e. The molecule has 0 amide bonds. The van der Waals surface area contributed by atoms with Crippen LogP contribution < -0.4 is 0 Å². The number of ketones is 1. The summed E-state index contributed by atoms with van der Waals surface area (Å²) >= 11 is 0. The Labute approximate surface area is 106 Å². The molecule has 100 valence electrons. The molecule has 0 saturated carbocycles. The smallest absolute Gasteiger partial charge is 0.166 e. The molecular formula is C14H18F2O2. The maximum absolute atomic E-state index is 13.4. The van der Waals surface area contributed by atoms with Gasteiger partial charge in [-0.15, -0.1) is 0 Å². The highest BCUT2D eigenvalue weighted by Crippen LogP contribution is 2.18. The third-order valence-corrected chi connectivity index (χ3v) is 3.24. The number of benzene rings is 1. The SMILES string of the molecule is CCC(CC)C(O)C(=O)Cc1c(F)cccc1F. The van der Waals surface area contributed by atoms with Crippen LogP contribution >= 0.6 is 0 Å². The molecule has 0 saturated heterocycles. The van der Waals surface area contributed by atoms with E-state index in [2.05, 4.69) is 0 Å². The maximum Gasteiger partial charge on any atom is 0.166 e. The molecule has 1 N–H and O–H groups in total. The highest BCUT2D eigenvalue weighted by atomic mass is 19.1. The summed E-state index contributed by atoms with van der Waals surface area (Å²) in [6, 6.07) is 3.46. The molecule has 1 unspecified atom stereocenters. The summed E-state index contributed by atoms with van der Waals surface area (Å²) in [4.78, 5) is 11.8. The predicted octanol–water partition coefficient (Wildman–Crippen LogP) is 2.87. The van der Waals surface area contributed by atoms with Crippen LogP contribution in [0.3, 0.4) is 0 Å². The average molecular weight is 256 g/mol. The van der Waals surface area contributed by atoms with Gasteiger partial charge in [0, 0.05) is 12.0 Å². The van der Waals surface area contributed by atoms with Crippen LogP contribution in [0.2, 0.25) is 0 Å². The Morgan fingerprint density at radius 3 is 2.17 bits per heavy atom. The Morgan fingerprint density at radius 1 is 1.22 bits per heavy atom. The molecule has 0 aliphatic rings. The first-order valence-electron chi connectivity index (χ1n) is 6.14. The second-order valence-electron chi connectivity index (χ2n) is 4.36. The lowest BCUT2D eigenvalue weighted by atomic mass is 9.91. The molecule has 0 fully saturated rings. The van der Waals surface area contributed by atoms with E-state index >= 15 is 0 Å². The number of carbonyl (C=O) groups excluding carboxylic acids is 1. The topological polar surface area (TPSA) is 37.3 Å². The molecule has 18 heavy (non-hydrogen) atoms. The minimum absolute atomic E-state index is 0.160. The fraction of sp³-hybridized carbons (Fsp3) is 0.500. The Bertz CT molecular complexity index is 394. The molecule has 2 nitrogen and oxygen atoms in total. The minimum atomic E-state index is -1.15. The second kappa shape index (κ2) is 6.59. The van der Waals surface area contributed by atoms with Crippen molar-refractivity contribution >= 4 is 5.78 Å². The molecule has 0 aliphatic heterocycles. The number of carbonyl (C=O) groups is 1. The first-order valence-corrected chi connectivity index (χ1v) is 6.14. The van der Waals surface area contributed by atoms with Gasteiger partial charge in [-0.1, -0.05) is 32.8 Å². The van der Waals surface area contributed by atoms with Gasteiger partial charge in [0.2, 0.25) is 0 Å². The van der Waals surface area contributed by atoms with Gasteiger partial charge in [0.25, 0.3) is 0 Å². The lowest BCUT2D eigenvalue weighted by Crippen LogP contribution is -2.30. The van der Waals surface area contributed by atoms with Crippen molar-refractivity contribution in [3.8, 4) is 0 Å².